The van der Waals surface area contributed by atoms with Crippen molar-refractivity contribution in [1.29, 1.82) is 0 Å². The normalized spacial score (nSPS) is 21.9. The Labute approximate surface area is 117 Å². The number of H-pyrrole nitrogens is 1. The number of benzene rings is 1. The zero-order valence-electron chi connectivity index (χ0n) is 11.4. The van der Waals surface area contributed by atoms with E-state index in [4.69, 9.17) is 0 Å². The van der Waals surface area contributed by atoms with Gasteiger partial charge in [0.15, 0.2) is 0 Å². The molecule has 1 aliphatic heterocycles. The molecule has 1 unspecified atom stereocenters. The summed E-state index contributed by atoms with van der Waals surface area (Å²) < 4.78 is 0. The number of nitrogens with one attached hydrogen (secondary N) is 3. The number of aromatic nitrogens is 2. The van der Waals surface area contributed by atoms with E-state index in [0.29, 0.717) is 0 Å². The predicted molar refractivity (Wildman–Crippen MR) is 78.3 cm³/mol. The Morgan fingerprint density at radius 3 is 2.70 bits per heavy atom. The molecule has 1 atom stereocenters. The molecule has 20 heavy (non-hydrogen) atoms. The lowest BCUT2D eigenvalue weighted by molar-refractivity contribution is -0.121. The van der Waals surface area contributed by atoms with Gasteiger partial charge in [-0.2, -0.15) is 5.10 Å². The maximum atomic E-state index is 12.3. The van der Waals surface area contributed by atoms with E-state index in [1.165, 1.54) is 0 Å². The minimum Gasteiger partial charge on any atom is -0.324 e. The molecule has 0 aliphatic carbocycles. The lowest BCUT2D eigenvalue weighted by atomic mass is 9.99. The second-order valence-electron chi connectivity index (χ2n) is 5.36. The van der Waals surface area contributed by atoms with Crippen LogP contribution in [0.5, 0.6) is 0 Å². The first-order valence-electron chi connectivity index (χ1n) is 6.84. The quantitative estimate of drug-likeness (QED) is 0.800. The van der Waals surface area contributed by atoms with Crippen LogP contribution in [0.25, 0.3) is 11.3 Å². The van der Waals surface area contributed by atoms with Crippen LogP contribution in [0.1, 0.15) is 19.8 Å². The van der Waals surface area contributed by atoms with Crippen molar-refractivity contribution in [2.24, 2.45) is 0 Å². The third-order valence-corrected chi connectivity index (χ3v) is 3.82. The summed E-state index contributed by atoms with van der Waals surface area (Å²) in [7, 11) is 0. The van der Waals surface area contributed by atoms with Crippen LogP contribution in [0.2, 0.25) is 0 Å². The molecule has 0 radical (unpaired) electrons. The van der Waals surface area contributed by atoms with Gasteiger partial charge in [0.05, 0.1) is 11.2 Å². The van der Waals surface area contributed by atoms with Gasteiger partial charge < -0.3 is 10.6 Å². The molecule has 1 saturated heterocycles. The number of amides is 1. The fourth-order valence-corrected chi connectivity index (χ4v) is 2.51. The molecule has 2 heterocycles. The maximum absolute atomic E-state index is 12.3. The minimum absolute atomic E-state index is 0.0318. The molecule has 5 heteroatoms. The number of aromatic amines is 1. The largest absolute Gasteiger partial charge is 0.324 e. The lowest BCUT2D eigenvalue weighted by Crippen LogP contribution is -2.47. The molecule has 3 N–H and O–H groups in total. The van der Waals surface area contributed by atoms with Crippen molar-refractivity contribution in [2.45, 2.75) is 25.3 Å². The summed E-state index contributed by atoms with van der Waals surface area (Å²) in [6.45, 7) is 2.86. The molecule has 1 aliphatic rings. The molecule has 5 nitrogen and oxygen atoms in total. The Bertz CT molecular complexity index is 583. The van der Waals surface area contributed by atoms with Gasteiger partial charge >= 0.3 is 0 Å². The van der Waals surface area contributed by atoms with E-state index < -0.39 is 5.54 Å². The average molecular weight is 270 g/mol. The van der Waals surface area contributed by atoms with Gasteiger partial charge in [-0.05, 0) is 50.1 Å². The minimum atomic E-state index is -0.442. The van der Waals surface area contributed by atoms with Crippen molar-refractivity contribution in [2.75, 3.05) is 11.9 Å². The third-order valence-electron chi connectivity index (χ3n) is 3.82. The van der Waals surface area contributed by atoms with Crippen LogP contribution in [-0.4, -0.2) is 28.2 Å². The van der Waals surface area contributed by atoms with Crippen LogP contribution in [-0.2, 0) is 4.79 Å². The SMILES string of the molecule is CC1(C(=O)Nc2ccc(-c3ccn[nH]3)cc2)CCCN1. The Kier molecular flexibility index (Phi) is 3.28. The van der Waals surface area contributed by atoms with Crippen LogP contribution >= 0.6 is 0 Å². The second-order valence-corrected chi connectivity index (χ2v) is 5.36. The monoisotopic (exact) mass is 270 g/mol. The van der Waals surface area contributed by atoms with Gasteiger partial charge in [-0.1, -0.05) is 12.1 Å². The number of nitrogens with zero attached hydrogens (tertiary/aromatic N) is 1. The molecule has 0 spiro atoms. The standard InChI is InChI=1S/C15H18N4O/c1-15(8-2-9-16-15)14(20)18-12-5-3-11(4-6-12)13-7-10-17-19-13/h3-7,10,16H,2,8-9H2,1H3,(H,17,19)(H,18,20). The van der Waals surface area contributed by atoms with Crippen LogP contribution in [0, 0.1) is 0 Å². The molecular formula is C15H18N4O. The van der Waals surface area contributed by atoms with Gasteiger partial charge in [0, 0.05) is 11.9 Å². The van der Waals surface area contributed by atoms with Crippen molar-refractivity contribution >= 4 is 11.6 Å². The molecule has 2 aromatic rings. The molecule has 1 fully saturated rings. The average Bonchev–Trinajstić information content (AvgIpc) is 3.11. The lowest BCUT2D eigenvalue weighted by Gasteiger charge is -2.23. The number of carbonyl (C=O) groups is 1. The fourth-order valence-electron chi connectivity index (χ4n) is 2.51. The summed E-state index contributed by atoms with van der Waals surface area (Å²) in [5.41, 5.74) is 2.38. The summed E-state index contributed by atoms with van der Waals surface area (Å²) in [6, 6.07) is 9.66. The van der Waals surface area contributed by atoms with E-state index in [9.17, 15) is 4.79 Å². The Balaban J connectivity index is 1.71. The molecule has 3 rings (SSSR count). The van der Waals surface area contributed by atoms with Crippen LogP contribution < -0.4 is 10.6 Å². The van der Waals surface area contributed by atoms with Gasteiger partial charge in [0.25, 0.3) is 0 Å². The topological polar surface area (TPSA) is 69.8 Å². The number of rotatable bonds is 3. The maximum Gasteiger partial charge on any atom is 0.244 e. The zero-order chi connectivity index (χ0) is 14.0. The van der Waals surface area contributed by atoms with Crippen molar-refractivity contribution in [3.05, 3.63) is 36.5 Å². The Morgan fingerprint density at radius 1 is 1.30 bits per heavy atom. The number of hydrogen-bond acceptors (Lipinski definition) is 3. The van der Waals surface area contributed by atoms with Crippen molar-refractivity contribution < 1.29 is 4.79 Å². The van der Waals surface area contributed by atoms with Gasteiger partial charge in [0.2, 0.25) is 5.91 Å². The van der Waals surface area contributed by atoms with E-state index in [0.717, 1.165) is 36.3 Å². The highest BCUT2D eigenvalue weighted by molar-refractivity contribution is 5.98. The highest BCUT2D eigenvalue weighted by atomic mass is 16.2. The van der Waals surface area contributed by atoms with Crippen molar-refractivity contribution in [3.8, 4) is 11.3 Å². The molecule has 0 saturated carbocycles. The first-order chi connectivity index (χ1) is 9.67. The van der Waals surface area contributed by atoms with Gasteiger partial charge in [-0.3, -0.25) is 9.89 Å². The first kappa shape index (κ1) is 12.9. The molecule has 1 aromatic carbocycles. The summed E-state index contributed by atoms with van der Waals surface area (Å²) in [5, 5.41) is 13.1. The molecule has 0 bridgehead atoms. The Hall–Kier alpha value is -2.14. The zero-order valence-corrected chi connectivity index (χ0v) is 11.4. The molecule has 1 aromatic heterocycles. The van der Waals surface area contributed by atoms with Crippen LogP contribution in [0.4, 0.5) is 5.69 Å². The number of hydrogen-bond donors (Lipinski definition) is 3. The second kappa shape index (κ2) is 5.09. The smallest absolute Gasteiger partial charge is 0.244 e. The van der Waals surface area contributed by atoms with E-state index in [1.807, 2.05) is 37.3 Å². The summed E-state index contributed by atoms with van der Waals surface area (Å²) >= 11 is 0. The number of anilines is 1. The fraction of sp³-hybridized carbons (Fsp3) is 0.333. The van der Waals surface area contributed by atoms with E-state index >= 15 is 0 Å². The highest BCUT2D eigenvalue weighted by Crippen LogP contribution is 2.22. The van der Waals surface area contributed by atoms with Crippen LogP contribution in [0.15, 0.2) is 36.5 Å². The summed E-state index contributed by atoms with van der Waals surface area (Å²) in [5.74, 6) is 0.0318. The van der Waals surface area contributed by atoms with Crippen LogP contribution in [0.3, 0.4) is 0 Å². The predicted octanol–water partition coefficient (Wildman–Crippen LogP) is 2.16. The summed E-state index contributed by atoms with van der Waals surface area (Å²) in [6.07, 6.45) is 3.64. The van der Waals surface area contributed by atoms with Gasteiger partial charge in [-0.15, -0.1) is 0 Å². The highest BCUT2D eigenvalue weighted by Gasteiger charge is 2.35. The third kappa shape index (κ3) is 2.44. The summed E-state index contributed by atoms with van der Waals surface area (Å²) in [4.78, 5) is 12.3. The molecule has 1 amide bonds. The van der Waals surface area contributed by atoms with E-state index in [-0.39, 0.29) is 5.91 Å². The van der Waals surface area contributed by atoms with Gasteiger partial charge in [0.1, 0.15) is 0 Å². The number of carbonyl (C=O) groups excluding carboxylic acids is 1. The van der Waals surface area contributed by atoms with Crippen molar-refractivity contribution in [1.82, 2.24) is 15.5 Å². The van der Waals surface area contributed by atoms with E-state index in [2.05, 4.69) is 20.8 Å². The Morgan fingerprint density at radius 2 is 2.10 bits per heavy atom. The van der Waals surface area contributed by atoms with Gasteiger partial charge in [-0.25, -0.2) is 0 Å². The van der Waals surface area contributed by atoms with Crippen molar-refractivity contribution in [3.63, 3.8) is 0 Å². The first-order valence-corrected chi connectivity index (χ1v) is 6.84. The molecule has 104 valence electrons. The van der Waals surface area contributed by atoms with E-state index in [1.54, 1.807) is 6.20 Å². The molecular weight excluding hydrogens is 252 g/mol.